The maximum Gasteiger partial charge on any atom is 0.0836 e. The Bertz CT molecular complexity index is 252. The summed E-state index contributed by atoms with van der Waals surface area (Å²) in [6.07, 6.45) is 0.308. The van der Waals surface area contributed by atoms with Crippen LogP contribution < -0.4 is 10.6 Å². The molecule has 0 aromatic heterocycles. The number of hydrogen-bond donors (Lipinski definition) is 2. The average Bonchev–Trinajstić information content (AvgIpc) is 2.58. The lowest BCUT2D eigenvalue weighted by Gasteiger charge is -2.10. The summed E-state index contributed by atoms with van der Waals surface area (Å²) >= 11 is 5.78. The van der Waals surface area contributed by atoms with Gasteiger partial charge in [0.2, 0.25) is 0 Å². The Morgan fingerprint density at radius 3 is 2.25 bits per heavy atom. The van der Waals surface area contributed by atoms with Gasteiger partial charge in [-0.3, -0.25) is 10.6 Å². The van der Waals surface area contributed by atoms with Crippen LogP contribution >= 0.6 is 11.6 Å². The quantitative estimate of drug-likeness (QED) is 0.689. The molecule has 0 spiro atoms. The first kappa shape index (κ1) is 8.05. The van der Waals surface area contributed by atoms with Gasteiger partial charge in [-0.25, -0.2) is 0 Å². The van der Waals surface area contributed by atoms with Crippen LogP contribution in [0.5, 0.6) is 0 Å². The standard InChI is InChI=1S/C9H11ClN2/c10-8-3-1-7(2-4-8)9-11-5-6-12-9/h1-4,9,11-12H,5-6H2. The Morgan fingerprint density at radius 2 is 1.67 bits per heavy atom. The van der Waals surface area contributed by atoms with Crippen molar-refractivity contribution in [3.05, 3.63) is 34.9 Å². The molecule has 1 saturated heterocycles. The number of nitrogens with one attached hydrogen (secondary N) is 2. The summed E-state index contributed by atoms with van der Waals surface area (Å²) in [6.45, 7) is 2.07. The van der Waals surface area contributed by atoms with Crippen LogP contribution in [0.15, 0.2) is 24.3 Å². The van der Waals surface area contributed by atoms with Gasteiger partial charge in [0.1, 0.15) is 0 Å². The Labute approximate surface area is 76.9 Å². The number of hydrogen-bond acceptors (Lipinski definition) is 2. The first-order valence-electron chi connectivity index (χ1n) is 4.08. The van der Waals surface area contributed by atoms with Crippen molar-refractivity contribution in [3.63, 3.8) is 0 Å². The second-order valence-corrected chi connectivity index (χ2v) is 3.33. The van der Waals surface area contributed by atoms with E-state index in [1.165, 1.54) is 5.56 Å². The molecule has 1 aromatic carbocycles. The van der Waals surface area contributed by atoms with Gasteiger partial charge in [0.05, 0.1) is 6.17 Å². The van der Waals surface area contributed by atoms with Crippen molar-refractivity contribution in [2.75, 3.05) is 13.1 Å². The minimum Gasteiger partial charge on any atom is -0.297 e. The fourth-order valence-electron chi connectivity index (χ4n) is 1.40. The molecule has 0 aliphatic carbocycles. The van der Waals surface area contributed by atoms with E-state index in [4.69, 9.17) is 11.6 Å². The fourth-order valence-corrected chi connectivity index (χ4v) is 1.52. The summed E-state index contributed by atoms with van der Waals surface area (Å²) in [5.74, 6) is 0. The monoisotopic (exact) mass is 182 g/mol. The Kier molecular flexibility index (Phi) is 2.30. The molecule has 64 valence electrons. The second-order valence-electron chi connectivity index (χ2n) is 2.89. The second kappa shape index (κ2) is 3.44. The van der Waals surface area contributed by atoms with Gasteiger partial charge in [-0.1, -0.05) is 23.7 Å². The van der Waals surface area contributed by atoms with Crippen LogP contribution in [0.1, 0.15) is 11.7 Å². The van der Waals surface area contributed by atoms with Gasteiger partial charge in [-0.2, -0.15) is 0 Å². The highest BCUT2D eigenvalue weighted by Gasteiger charge is 2.13. The first-order chi connectivity index (χ1) is 5.86. The lowest BCUT2D eigenvalue weighted by molar-refractivity contribution is 0.588. The third-order valence-corrected chi connectivity index (χ3v) is 2.28. The molecule has 2 N–H and O–H groups in total. The molecule has 2 nitrogen and oxygen atoms in total. The largest absolute Gasteiger partial charge is 0.297 e. The molecule has 3 heteroatoms. The van der Waals surface area contributed by atoms with E-state index < -0.39 is 0 Å². The van der Waals surface area contributed by atoms with E-state index in [1.54, 1.807) is 0 Å². The van der Waals surface area contributed by atoms with Crippen molar-refractivity contribution in [2.24, 2.45) is 0 Å². The summed E-state index contributed by atoms with van der Waals surface area (Å²) in [5, 5.41) is 7.46. The van der Waals surface area contributed by atoms with Crippen LogP contribution in [0.3, 0.4) is 0 Å². The normalized spacial score (nSPS) is 18.4. The lowest BCUT2D eigenvalue weighted by atomic mass is 10.2. The third-order valence-electron chi connectivity index (χ3n) is 2.03. The van der Waals surface area contributed by atoms with Gasteiger partial charge in [0, 0.05) is 18.1 Å². The van der Waals surface area contributed by atoms with Crippen LogP contribution in [-0.4, -0.2) is 13.1 Å². The number of rotatable bonds is 1. The SMILES string of the molecule is Clc1ccc(C2NCCN2)cc1. The lowest BCUT2D eigenvalue weighted by Crippen LogP contribution is -2.20. The van der Waals surface area contributed by atoms with Gasteiger partial charge < -0.3 is 0 Å². The van der Waals surface area contributed by atoms with E-state index in [9.17, 15) is 0 Å². The van der Waals surface area contributed by atoms with E-state index >= 15 is 0 Å². The minimum absolute atomic E-state index is 0.308. The minimum atomic E-state index is 0.308. The predicted octanol–water partition coefficient (Wildman–Crippen LogP) is 1.53. The molecule has 0 amide bonds. The Morgan fingerprint density at radius 1 is 1.08 bits per heavy atom. The van der Waals surface area contributed by atoms with Crippen molar-refractivity contribution in [1.29, 1.82) is 0 Å². The van der Waals surface area contributed by atoms with E-state index in [1.807, 2.05) is 24.3 Å². The van der Waals surface area contributed by atoms with Crippen LogP contribution in [0.4, 0.5) is 0 Å². The predicted molar refractivity (Wildman–Crippen MR) is 50.2 cm³/mol. The molecule has 1 heterocycles. The fraction of sp³-hybridized carbons (Fsp3) is 0.333. The summed E-state index contributed by atoms with van der Waals surface area (Å²) in [4.78, 5) is 0. The third kappa shape index (κ3) is 1.61. The van der Waals surface area contributed by atoms with E-state index in [0.717, 1.165) is 18.1 Å². The summed E-state index contributed by atoms with van der Waals surface area (Å²) in [7, 11) is 0. The molecular formula is C9H11ClN2. The van der Waals surface area contributed by atoms with Crippen molar-refractivity contribution in [2.45, 2.75) is 6.17 Å². The summed E-state index contributed by atoms with van der Waals surface area (Å²) in [6, 6.07) is 7.91. The number of benzene rings is 1. The molecule has 1 aromatic rings. The average molecular weight is 183 g/mol. The van der Waals surface area contributed by atoms with Crippen molar-refractivity contribution >= 4 is 11.6 Å². The zero-order chi connectivity index (χ0) is 8.39. The van der Waals surface area contributed by atoms with Gasteiger partial charge >= 0.3 is 0 Å². The maximum absolute atomic E-state index is 5.78. The molecule has 0 bridgehead atoms. The van der Waals surface area contributed by atoms with Crippen LogP contribution in [0.2, 0.25) is 5.02 Å². The molecule has 0 atom stereocenters. The zero-order valence-electron chi connectivity index (χ0n) is 6.68. The highest BCUT2D eigenvalue weighted by atomic mass is 35.5. The molecule has 2 rings (SSSR count). The van der Waals surface area contributed by atoms with Crippen molar-refractivity contribution in [1.82, 2.24) is 10.6 Å². The molecule has 1 fully saturated rings. The van der Waals surface area contributed by atoms with Crippen LogP contribution in [0.25, 0.3) is 0 Å². The molecule has 1 aliphatic heterocycles. The van der Waals surface area contributed by atoms with E-state index in [-0.39, 0.29) is 0 Å². The smallest absolute Gasteiger partial charge is 0.0836 e. The summed E-state index contributed by atoms with van der Waals surface area (Å²) < 4.78 is 0. The van der Waals surface area contributed by atoms with Gasteiger partial charge in [-0.15, -0.1) is 0 Å². The Hall–Kier alpha value is -0.570. The van der Waals surface area contributed by atoms with Crippen LogP contribution in [0, 0.1) is 0 Å². The molecular weight excluding hydrogens is 172 g/mol. The van der Waals surface area contributed by atoms with Gasteiger partial charge in [-0.05, 0) is 17.7 Å². The van der Waals surface area contributed by atoms with Crippen molar-refractivity contribution < 1.29 is 0 Å². The highest BCUT2D eigenvalue weighted by molar-refractivity contribution is 6.30. The summed E-state index contributed by atoms with van der Waals surface area (Å²) in [5.41, 5.74) is 1.25. The maximum atomic E-state index is 5.78. The zero-order valence-corrected chi connectivity index (χ0v) is 7.43. The van der Waals surface area contributed by atoms with E-state index in [0.29, 0.717) is 6.17 Å². The molecule has 1 aliphatic rings. The van der Waals surface area contributed by atoms with Gasteiger partial charge in [0.15, 0.2) is 0 Å². The first-order valence-corrected chi connectivity index (χ1v) is 4.46. The Balaban J connectivity index is 2.17. The molecule has 0 unspecified atom stereocenters. The molecule has 12 heavy (non-hydrogen) atoms. The molecule has 0 saturated carbocycles. The van der Waals surface area contributed by atoms with Crippen molar-refractivity contribution in [3.8, 4) is 0 Å². The highest BCUT2D eigenvalue weighted by Crippen LogP contribution is 2.15. The van der Waals surface area contributed by atoms with E-state index in [2.05, 4.69) is 10.6 Å². The van der Waals surface area contributed by atoms with Gasteiger partial charge in [0.25, 0.3) is 0 Å². The topological polar surface area (TPSA) is 24.1 Å². The number of halogens is 1. The van der Waals surface area contributed by atoms with Crippen LogP contribution in [-0.2, 0) is 0 Å². The molecule has 0 radical (unpaired) electrons.